The van der Waals surface area contributed by atoms with Crippen LogP contribution in [0, 0.1) is 0 Å². The highest BCUT2D eigenvalue weighted by atomic mass is 79.9. The van der Waals surface area contributed by atoms with Gasteiger partial charge in [-0.2, -0.15) is 0 Å². The van der Waals surface area contributed by atoms with Gasteiger partial charge in [-0.05, 0) is 41.5 Å². The van der Waals surface area contributed by atoms with Crippen molar-refractivity contribution in [3.63, 3.8) is 0 Å². The predicted octanol–water partition coefficient (Wildman–Crippen LogP) is 5.77. The SMILES string of the molecule is O=C1OC(C=Cc2cccc(Cl)c2Cl)=NC1=Cc1ccc(Br)cc1. The number of ether oxygens (including phenoxy) is 1. The highest BCUT2D eigenvalue weighted by Crippen LogP contribution is 2.26. The van der Waals surface area contributed by atoms with Crippen LogP contribution in [0.1, 0.15) is 11.1 Å². The number of cyclic esters (lactones) is 1. The number of hydrogen-bond acceptors (Lipinski definition) is 3. The Morgan fingerprint density at radius 3 is 2.54 bits per heavy atom. The molecule has 1 aliphatic rings. The van der Waals surface area contributed by atoms with Gasteiger partial charge in [0.25, 0.3) is 0 Å². The lowest BCUT2D eigenvalue weighted by atomic mass is 10.2. The Morgan fingerprint density at radius 2 is 1.79 bits per heavy atom. The van der Waals surface area contributed by atoms with Crippen molar-refractivity contribution in [2.24, 2.45) is 4.99 Å². The maximum atomic E-state index is 11.9. The first-order valence-electron chi connectivity index (χ1n) is 6.93. The fourth-order valence-electron chi connectivity index (χ4n) is 2.02. The monoisotopic (exact) mass is 421 g/mol. The van der Waals surface area contributed by atoms with Gasteiger partial charge in [-0.15, -0.1) is 0 Å². The average Bonchev–Trinajstić information content (AvgIpc) is 2.91. The van der Waals surface area contributed by atoms with Crippen molar-refractivity contribution in [3.8, 4) is 0 Å². The van der Waals surface area contributed by atoms with Crippen molar-refractivity contribution in [1.82, 2.24) is 0 Å². The zero-order chi connectivity index (χ0) is 17.1. The zero-order valence-electron chi connectivity index (χ0n) is 12.2. The van der Waals surface area contributed by atoms with Crippen LogP contribution in [-0.4, -0.2) is 11.9 Å². The van der Waals surface area contributed by atoms with E-state index < -0.39 is 5.97 Å². The molecular formula is C18H10BrCl2NO2. The normalized spacial score (nSPS) is 15.9. The predicted molar refractivity (Wildman–Crippen MR) is 101 cm³/mol. The van der Waals surface area contributed by atoms with Gasteiger partial charge in [0, 0.05) is 10.5 Å². The summed E-state index contributed by atoms with van der Waals surface area (Å²) in [5, 5.41) is 0.894. The van der Waals surface area contributed by atoms with E-state index in [9.17, 15) is 4.79 Å². The summed E-state index contributed by atoms with van der Waals surface area (Å²) in [6.45, 7) is 0. The van der Waals surface area contributed by atoms with Crippen LogP contribution in [0.5, 0.6) is 0 Å². The van der Waals surface area contributed by atoms with E-state index in [1.165, 1.54) is 0 Å². The van der Waals surface area contributed by atoms with Crippen molar-refractivity contribution < 1.29 is 9.53 Å². The molecule has 0 amide bonds. The second-order valence-electron chi connectivity index (χ2n) is 4.90. The van der Waals surface area contributed by atoms with Crippen molar-refractivity contribution >= 4 is 63.2 Å². The lowest BCUT2D eigenvalue weighted by Gasteiger charge is -1.99. The van der Waals surface area contributed by atoms with Crippen molar-refractivity contribution in [2.45, 2.75) is 0 Å². The average molecular weight is 423 g/mol. The highest BCUT2D eigenvalue weighted by molar-refractivity contribution is 9.10. The summed E-state index contributed by atoms with van der Waals surface area (Å²) < 4.78 is 6.09. The molecule has 2 aromatic rings. The summed E-state index contributed by atoms with van der Waals surface area (Å²) in [7, 11) is 0. The van der Waals surface area contributed by atoms with Crippen LogP contribution in [0.25, 0.3) is 12.2 Å². The first kappa shape index (κ1) is 17.0. The number of aliphatic imine (C=N–C) groups is 1. The van der Waals surface area contributed by atoms with Gasteiger partial charge in [0.15, 0.2) is 5.70 Å². The molecule has 0 fully saturated rings. The number of hydrogen-bond donors (Lipinski definition) is 0. The number of carbonyl (C=O) groups is 1. The molecule has 0 radical (unpaired) electrons. The number of nitrogens with zero attached hydrogens (tertiary/aromatic N) is 1. The van der Waals surface area contributed by atoms with Crippen LogP contribution in [0.15, 0.2) is 63.7 Å². The van der Waals surface area contributed by atoms with Gasteiger partial charge in [0.05, 0.1) is 10.0 Å². The van der Waals surface area contributed by atoms with E-state index >= 15 is 0 Å². The Kier molecular flexibility index (Phi) is 5.19. The van der Waals surface area contributed by atoms with E-state index in [0.29, 0.717) is 15.6 Å². The minimum Gasteiger partial charge on any atom is -0.403 e. The summed E-state index contributed by atoms with van der Waals surface area (Å²) in [4.78, 5) is 16.1. The Hall–Kier alpha value is -1.88. The number of carbonyl (C=O) groups excluding carboxylic acids is 1. The number of halogens is 3. The van der Waals surface area contributed by atoms with Crippen LogP contribution in [-0.2, 0) is 9.53 Å². The third-order valence-electron chi connectivity index (χ3n) is 3.20. The standard InChI is InChI=1S/C18H10BrCl2NO2/c19-13-7-4-11(5-8-13)10-15-18(23)24-16(22-15)9-6-12-2-1-3-14(20)17(12)21/h1-10H. The molecule has 0 atom stereocenters. The van der Waals surface area contributed by atoms with Crippen LogP contribution >= 0.6 is 39.1 Å². The molecule has 0 saturated carbocycles. The molecular weight excluding hydrogens is 413 g/mol. The van der Waals surface area contributed by atoms with E-state index in [2.05, 4.69) is 20.9 Å². The van der Waals surface area contributed by atoms with E-state index in [0.717, 1.165) is 10.0 Å². The van der Waals surface area contributed by atoms with Gasteiger partial charge in [-0.3, -0.25) is 0 Å². The Labute approximate surface area is 157 Å². The maximum Gasteiger partial charge on any atom is 0.363 e. The largest absolute Gasteiger partial charge is 0.403 e. The second-order valence-corrected chi connectivity index (χ2v) is 6.60. The molecule has 3 nitrogen and oxygen atoms in total. The molecule has 0 aromatic heterocycles. The van der Waals surface area contributed by atoms with E-state index in [-0.39, 0.29) is 11.6 Å². The minimum atomic E-state index is -0.491. The molecule has 0 spiro atoms. The smallest absolute Gasteiger partial charge is 0.363 e. The molecule has 1 aliphatic heterocycles. The highest BCUT2D eigenvalue weighted by Gasteiger charge is 2.21. The quantitative estimate of drug-likeness (QED) is 0.465. The number of rotatable bonds is 3. The van der Waals surface area contributed by atoms with Crippen LogP contribution in [0.2, 0.25) is 10.0 Å². The lowest BCUT2D eigenvalue weighted by Crippen LogP contribution is -2.01. The van der Waals surface area contributed by atoms with Crippen molar-refractivity contribution in [2.75, 3.05) is 0 Å². The molecule has 6 heteroatoms. The Morgan fingerprint density at radius 1 is 1.04 bits per heavy atom. The first-order valence-corrected chi connectivity index (χ1v) is 8.48. The van der Waals surface area contributed by atoms with Gasteiger partial charge >= 0.3 is 5.97 Å². The summed E-state index contributed by atoms with van der Waals surface area (Å²) in [5.74, 6) is -0.283. The maximum absolute atomic E-state index is 11.9. The molecule has 2 aromatic carbocycles. The van der Waals surface area contributed by atoms with Crippen LogP contribution in [0.3, 0.4) is 0 Å². The van der Waals surface area contributed by atoms with Gasteiger partial charge in [0.2, 0.25) is 5.90 Å². The lowest BCUT2D eigenvalue weighted by molar-refractivity contribution is -0.129. The molecule has 24 heavy (non-hydrogen) atoms. The fourth-order valence-corrected chi connectivity index (χ4v) is 2.66. The van der Waals surface area contributed by atoms with Crippen molar-refractivity contribution in [1.29, 1.82) is 0 Å². The molecule has 0 aliphatic carbocycles. The van der Waals surface area contributed by atoms with E-state index in [1.807, 2.05) is 24.3 Å². The summed E-state index contributed by atoms with van der Waals surface area (Å²) in [5.41, 5.74) is 1.82. The van der Waals surface area contributed by atoms with Crippen molar-refractivity contribution in [3.05, 3.63) is 79.9 Å². The van der Waals surface area contributed by atoms with E-state index in [1.54, 1.807) is 36.4 Å². The third kappa shape index (κ3) is 3.96. The molecule has 0 unspecified atom stereocenters. The number of esters is 1. The molecule has 0 bridgehead atoms. The molecule has 1 heterocycles. The van der Waals surface area contributed by atoms with Gasteiger partial charge in [-0.1, -0.05) is 63.4 Å². The van der Waals surface area contributed by atoms with Gasteiger partial charge < -0.3 is 4.74 Å². The Balaban J connectivity index is 1.82. The summed E-state index contributed by atoms with van der Waals surface area (Å²) >= 11 is 15.4. The summed E-state index contributed by atoms with van der Waals surface area (Å²) in [6, 6.07) is 12.8. The molecule has 0 N–H and O–H groups in total. The Bertz CT molecular complexity index is 886. The van der Waals surface area contributed by atoms with Gasteiger partial charge in [-0.25, -0.2) is 9.79 Å². The van der Waals surface area contributed by atoms with Gasteiger partial charge in [0.1, 0.15) is 0 Å². The molecule has 0 saturated heterocycles. The zero-order valence-corrected chi connectivity index (χ0v) is 15.3. The summed E-state index contributed by atoms with van der Waals surface area (Å²) in [6.07, 6.45) is 4.95. The van der Waals surface area contributed by atoms with Crippen LogP contribution in [0.4, 0.5) is 0 Å². The number of benzene rings is 2. The van der Waals surface area contributed by atoms with E-state index in [4.69, 9.17) is 27.9 Å². The molecule has 3 rings (SSSR count). The first-order chi connectivity index (χ1) is 11.5. The van der Waals surface area contributed by atoms with Crippen LogP contribution < -0.4 is 0 Å². The third-order valence-corrected chi connectivity index (χ3v) is 4.56. The minimum absolute atomic E-state index is 0.208. The topological polar surface area (TPSA) is 38.7 Å². The fraction of sp³-hybridized carbons (Fsp3) is 0. The molecule has 120 valence electrons. The second kappa shape index (κ2) is 7.34.